The van der Waals surface area contributed by atoms with Crippen molar-refractivity contribution in [3.05, 3.63) is 95.7 Å². The number of likely N-dealkylation sites (tertiary alicyclic amines) is 1. The Morgan fingerprint density at radius 2 is 1.32 bits per heavy atom. The van der Waals surface area contributed by atoms with E-state index in [0.29, 0.717) is 50.0 Å². The number of Topliss-reactive ketones (excluding diaryl/α,β-unsaturated/α-hetero) is 1. The van der Waals surface area contributed by atoms with Gasteiger partial charge in [0.25, 0.3) is 0 Å². The lowest BCUT2D eigenvalue weighted by Gasteiger charge is -2.33. The molecule has 2 aromatic rings. The second-order valence-electron chi connectivity index (χ2n) is 10.3. The van der Waals surface area contributed by atoms with Crippen molar-refractivity contribution in [3.8, 4) is 0 Å². The molecule has 0 N–H and O–H groups in total. The fraction of sp³-hybridized carbons (Fsp3) is 0.433. The number of hydrogen-bond acceptors (Lipinski definition) is 4. The third-order valence-electron chi connectivity index (χ3n) is 8.17. The van der Waals surface area contributed by atoms with Gasteiger partial charge in [0.15, 0.2) is 5.78 Å². The summed E-state index contributed by atoms with van der Waals surface area (Å²) in [4.78, 5) is 16.0. The van der Waals surface area contributed by atoms with E-state index in [-0.39, 0.29) is 18.0 Å². The van der Waals surface area contributed by atoms with Crippen LogP contribution in [0.15, 0.2) is 84.6 Å². The zero-order chi connectivity index (χ0) is 22.9. The van der Waals surface area contributed by atoms with E-state index in [1.54, 1.807) is 0 Å². The van der Waals surface area contributed by atoms with Gasteiger partial charge in [0, 0.05) is 5.92 Å². The molecule has 4 heteroatoms. The SMILES string of the molecule is O=C1C(N2[C@@H](COCc3ccccc3)CC[C@@H]2COCc2ccccc2)=CC2C3C=CC(C3)C12. The second-order valence-corrected chi connectivity index (χ2v) is 10.3. The normalized spacial score (nSPS) is 31.4. The number of hydrogen-bond donors (Lipinski definition) is 0. The Morgan fingerprint density at radius 1 is 0.765 bits per heavy atom. The van der Waals surface area contributed by atoms with Crippen LogP contribution >= 0.6 is 0 Å². The molecule has 4 aliphatic rings. The molecule has 4 nitrogen and oxygen atoms in total. The first-order valence-corrected chi connectivity index (χ1v) is 12.7. The monoisotopic (exact) mass is 455 g/mol. The van der Waals surface area contributed by atoms with E-state index < -0.39 is 0 Å². The Morgan fingerprint density at radius 3 is 1.88 bits per heavy atom. The Bertz CT molecular complexity index is 1010. The van der Waals surface area contributed by atoms with Gasteiger partial charge >= 0.3 is 0 Å². The Balaban J connectivity index is 1.16. The average Bonchev–Trinajstić information content (AvgIpc) is 3.64. The first-order valence-electron chi connectivity index (χ1n) is 12.7. The third kappa shape index (κ3) is 4.14. The summed E-state index contributed by atoms with van der Waals surface area (Å²) in [6.45, 7) is 2.48. The molecule has 6 rings (SSSR count). The average molecular weight is 456 g/mol. The number of ether oxygens (including phenoxy) is 2. The van der Waals surface area contributed by atoms with Crippen molar-refractivity contribution in [1.82, 2.24) is 4.90 Å². The summed E-state index contributed by atoms with van der Waals surface area (Å²) in [7, 11) is 0. The molecule has 2 aromatic carbocycles. The maximum atomic E-state index is 13.6. The van der Waals surface area contributed by atoms with Crippen LogP contribution in [0.1, 0.15) is 30.4 Å². The summed E-state index contributed by atoms with van der Waals surface area (Å²) in [5.41, 5.74) is 3.30. The van der Waals surface area contributed by atoms with Crippen LogP contribution in [0.2, 0.25) is 0 Å². The van der Waals surface area contributed by atoms with Gasteiger partial charge in [-0.1, -0.05) is 78.9 Å². The largest absolute Gasteiger partial charge is 0.375 e. The molecule has 34 heavy (non-hydrogen) atoms. The maximum absolute atomic E-state index is 13.6. The number of carbonyl (C=O) groups is 1. The molecule has 2 fully saturated rings. The number of benzene rings is 2. The van der Waals surface area contributed by atoms with Crippen molar-refractivity contribution in [2.75, 3.05) is 13.2 Å². The summed E-state index contributed by atoms with van der Waals surface area (Å²) in [6, 6.07) is 21.1. The summed E-state index contributed by atoms with van der Waals surface area (Å²) in [5.74, 6) is 1.86. The Hall–Kier alpha value is -2.69. The first-order chi connectivity index (χ1) is 16.8. The van der Waals surface area contributed by atoms with Crippen LogP contribution < -0.4 is 0 Å². The van der Waals surface area contributed by atoms with Crippen LogP contribution in [0.5, 0.6) is 0 Å². The molecule has 0 radical (unpaired) electrons. The topological polar surface area (TPSA) is 38.8 Å². The molecule has 176 valence electrons. The van der Waals surface area contributed by atoms with Gasteiger partial charge in [0.05, 0.1) is 44.2 Å². The number of allylic oxidation sites excluding steroid dienone is 4. The highest BCUT2D eigenvalue weighted by Gasteiger charge is 2.53. The molecule has 4 unspecified atom stereocenters. The van der Waals surface area contributed by atoms with Crippen molar-refractivity contribution in [2.45, 2.75) is 44.6 Å². The van der Waals surface area contributed by atoms with Crippen LogP contribution in [0.3, 0.4) is 0 Å². The summed E-state index contributed by atoms with van der Waals surface area (Å²) < 4.78 is 12.3. The van der Waals surface area contributed by atoms with Crippen molar-refractivity contribution < 1.29 is 14.3 Å². The standard InChI is InChI=1S/C30H33NO3/c32-30-28(16-27-23-11-12-24(15-23)29(27)30)31-25(19-33-17-21-7-3-1-4-8-21)13-14-26(31)20-34-18-22-9-5-2-6-10-22/h1-12,16,23-27,29H,13-15,17-20H2/t23?,24?,25-,26-,27?,29?/m1/s1. The van der Waals surface area contributed by atoms with Gasteiger partial charge in [0.1, 0.15) is 0 Å². The predicted octanol–water partition coefficient (Wildman–Crippen LogP) is 5.16. The van der Waals surface area contributed by atoms with E-state index in [1.165, 1.54) is 11.1 Å². The third-order valence-corrected chi connectivity index (χ3v) is 8.17. The van der Waals surface area contributed by atoms with Gasteiger partial charge < -0.3 is 14.4 Å². The van der Waals surface area contributed by atoms with Crippen LogP contribution in [0.4, 0.5) is 0 Å². The summed E-state index contributed by atoms with van der Waals surface area (Å²) >= 11 is 0. The molecular formula is C30H33NO3. The number of fused-ring (bicyclic) bond motifs is 5. The lowest BCUT2D eigenvalue weighted by molar-refractivity contribution is -0.121. The van der Waals surface area contributed by atoms with E-state index in [0.717, 1.165) is 25.0 Å². The highest BCUT2D eigenvalue weighted by molar-refractivity contribution is 6.00. The van der Waals surface area contributed by atoms with Crippen LogP contribution in [0.25, 0.3) is 0 Å². The van der Waals surface area contributed by atoms with Gasteiger partial charge in [-0.15, -0.1) is 0 Å². The van der Waals surface area contributed by atoms with E-state index in [4.69, 9.17) is 9.47 Å². The number of carbonyl (C=O) groups excluding carboxylic acids is 1. The molecule has 6 atom stereocenters. The summed E-state index contributed by atoms with van der Waals surface area (Å²) in [5, 5.41) is 0. The highest BCUT2D eigenvalue weighted by atomic mass is 16.5. The molecular weight excluding hydrogens is 422 g/mol. The lowest BCUT2D eigenvalue weighted by Crippen LogP contribution is -2.42. The molecule has 1 aliphatic heterocycles. The minimum absolute atomic E-state index is 0.155. The predicted molar refractivity (Wildman–Crippen MR) is 132 cm³/mol. The van der Waals surface area contributed by atoms with Crippen LogP contribution in [-0.4, -0.2) is 36.0 Å². The molecule has 1 saturated heterocycles. The van der Waals surface area contributed by atoms with Gasteiger partial charge in [-0.05, 0) is 48.1 Å². The maximum Gasteiger partial charge on any atom is 0.182 e. The molecule has 0 aromatic heterocycles. The molecule has 2 bridgehead atoms. The van der Waals surface area contributed by atoms with Crippen molar-refractivity contribution in [3.63, 3.8) is 0 Å². The number of nitrogens with zero attached hydrogens (tertiary/aromatic N) is 1. The minimum Gasteiger partial charge on any atom is -0.375 e. The van der Waals surface area contributed by atoms with Crippen molar-refractivity contribution in [2.24, 2.45) is 23.7 Å². The van der Waals surface area contributed by atoms with E-state index in [9.17, 15) is 4.79 Å². The van der Waals surface area contributed by atoms with Gasteiger partial charge in [-0.25, -0.2) is 0 Å². The molecule has 0 amide bonds. The molecule has 1 heterocycles. The van der Waals surface area contributed by atoms with Crippen molar-refractivity contribution in [1.29, 1.82) is 0 Å². The second kappa shape index (κ2) is 9.52. The van der Waals surface area contributed by atoms with Gasteiger partial charge in [-0.3, -0.25) is 4.79 Å². The fourth-order valence-electron chi connectivity index (χ4n) is 6.56. The smallest absolute Gasteiger partial charge is 0.182 e. The fourth-order valence-corrected chi connectivity index (χ4v) is 6.56. The van der Waals surface area contributed by atoms with E-state index >= 15 is 0 Å². The van der Waals surface area contributed by atoms with Crippen LogP contribution in [-0.2, 0) is 27.5 Å². The Kier molecular flexibility index (Phi) is 6.11. The molecule has 0 spiro atoms. The summed E-state index contributed by atoms with van der Waals surface area (Å²) in [6.07, 6.45) is 10.1. The van der Waals surface area contributed by atoms with Crippen LogP contribution in [0, 0.1) is 23.7 Å². The number of ketones is 1. The van der Waals surface area contributed by atoms with Gasteiger partial charge in [0.2, 0.25) is 0 Å². The zero-order valence-corrected chi connectivity index (χ0v) is 19.6. The Labute approximate surface area is 202 Å². The quantitative estimate of drug-likeness (QED) is 0.490. The lowest BCUT2D eigenvalue weighted by atomic mass is 9.85. The highest BCUT2D eigenvalue weighted by Crippen LogP contribution is 2.54. The van der Waals surface area contributed by atoms with Crippen molar-refractivity contribution >= 4 is 5.78 Å². The van der Waals surface area contributed by atoms with E-state index in [1.807, 2.05) is 36.4 Å². The first kappa shape index (κ1) is 21.8. The van der Waals surface area contributed by atoms with E-state index in [2.05, 4.69) is 47.4 Å². The molecule has 3 aliphatic carbocycles. The minimum atomic E-state index is 0.155. The molecule has 1 saturated carbocycles. The zero-order valence-electron chi connectivity index (χ0n) is 19.6. The van der Waals surface area contributed by atoms with Gasteiger partial charge in [-0.2, -0.15) is 0 Å². The number of rotatable bonds is 9.